The van der Waals surface area contributed by atoms with Crippen LogP contribution < -0.4 is 20.9 Å². The lowest BCUT2D eigenvalue weighted by molar-refractivity contribution is -0.128. The van der Waals surface area contributed by atoms with E-state index in [1.807, 2.05) is 27.7 Å². The van der Waals surface area contributed by atoms with Crippen molar-refractivity contribution < 1.29 is 13.6 Å². The van der Waals surface area contributed by atoms with E-state index in [0.29, 0.717) is 38.7 Å². The first-order valence-corrected chi connectivity index (χ1v) is 9.80. The van der Waals surface area contributed by atoms with E-state index >= 15 is 0 Å². The van der Waals surface area contributed by atoms with Crippen LogP contribution in [-0.2, 0) is 4.79 Å². The molecule has 1 atom stereocenters. The van der Waals surface area contributed by atoms with Crippen LogP contribution in [-0.4, -0.2) is 50.6 Å². The quantitative estimate of drug-likeness (QED) is 0.292. The second kappa shape index (κ2) is 11.5. The monoisotopic (exact) mass is 523 g/mol. The molecule has 6 nitrogen and oxygen atoms in total. The molecule has 3 N–H and O–H groups in total. The number of hydrogen-bond donors (Lipinski definition) is 3. The molecule has 1 aliphatic rings. The van der Waals surface area contributed by atoms with Crippen LogP contribution in [0.25, 0.3) is 0 Å². The molecule has 0 aliphatic carbocycles. The van der Waals surface area contributed by atoms with Crippen LogP contribution in [0.15, 0.2) is 23.2 Å². The summed E-state index contributed by atoms with van der Waals surface area (Å²) in [5.74, 6) is -0.549. The summed E-state index contributed by atoms with van der Waals surface area (Å²) in [4.78, 5) is 18.4. The number of aliphatic imine (C=N–C) groups is 1. The molecule has 1 aromatic carbocycles. The number of carbonyl (C=O) groups is 1. The molecule has 0 saturated carbocycles. The van der Waals surface area contributed by atoms with Crippen molar-refractivity contribution in [3.05, 3.63) is 29.8 Å². The summed E-state index contributed by atoms with van der Waals surface area (Å²) < 4.78 is 28.1. The number of hydrogen-bond acceptors (Lipinski definition) is 3. The third-order valence-electron chi connectivity index (χ3n) is 4.71. The minimum atomic E-state index is -0.629. The van der Waals surface area contributed by atoms with E-state index < -0.39 is 17.0 Å². The van der Waals surface area contributed by atoms with Gasteiger partial charge >= 0.3 is 0 Å². The van der Waals surface area contributed by atoms with E-state index in [4.69, 9.17) is 0 Å². The Kier molecular flexibility index (Phi) is 10.1. The van der Waals surface area contributed by atoms with E-state index in [0.717, 1.165) is 6.42 Å². The first-order chi connectivity index (χ1) is 13.3. The van der Waals surface area contributed by atoms with Crippen LogP contribution in [0, 0.1) is 17.0 Å². The summed E-state index contributed by atoms with van der Waals surface area (Å²) in [7, 11) is 0. The number of guanidine groups is 1. The van der Waals surface area contributed by atoms with Crippen molar-refractivity contribution in [2.75, 3.05) is 37.6 Å². The van der Waals surface area contributed by atoms with Gasteiger partial charge in [0.2, 0.25) is 5.91 Å². The normalized spacial score (nSPS) is 17.0. The van der Waals surface area contributed by atoms with Gasteiger partial charge in [-0.3, -0.25) is 9.79 Å². The predicted octanol–water partition coefficient (Wildman–Crippen LogP) is 2.88. The molecule has 164 valence electrons. The molecule has 1 aliphatic heterocycles. The van der Waals surface area contributed by atoms with Gasteiger partial charge in [-0.15, -0.1) is 24.0 Å². The van der Waals surface area contributed by atoms with E-state index in [9.17, 15) is 13.6 Å². The number of nitrogens with zero attached hydrogens (tertiary/aromatic N) is 2. The van der Waals surface area contributed by atoms with Gasteiger partial charge in [0.25, 0.3) is 0 Å². The fourth-order valence-corrected chi connectivity index (χ4v) is 3.13. The number of amides is 1. The van der Waals surface area contributed by atoms with Crippen molar-refractivity contribution >= 4 is 41.5 Å². The highest BCUT2D eigenvalue weighted by Gasteiger charge is 2.29. The minimum absolute atomic E-state index is 0. The SMILES string of the molecule is CCNC(=O)C(C)(C)CN=C(NCC)NC1CCN(c2c(F)cccc2F)C1.I. The maximum absolute atomic E-state index is 14.0. The summed E-state index contributed by atoms with van der Waals surface area (Å²) in [5.41, 5.74) is -0.609. The molecule has 9 heteroatoms. The fourth-order valence-electron chi connectivity index (χ4n) is 3.13. The largest absolute Gasteiger partial charge is 0.365 e. The van der Waals surface area contributed by atoms with Gasteiger partial charge in [0.1, 0.15) is 17.3 Å². The van der Waals surface area contributed by atoms with Crippen molar-refractivity contribution in [3.63, 3.8) is 0 Å². The van der Waals surface area contributed by atoms with Crippen molar-refractivity contribution in [1.82, 2.24) is 16.0 Å². The number of anilines is 1. The van der Waals surface area contributed by atoms with E-state index in [1.165, 1.54) is 18.2 Å². The molecular formula is C20H32F2IN5O. The number of halogens is 3. The topological polar surface area (TPSA) is 68.8 Å². The van der Waals surface area contributed by atoms with Gasteiger partial charge in [0.15, 0.2) is 5.96 Å². The van der Waals surface area contributed by atoms with E-state index in [1.54, 1.807) is 4.90 Å². The van der Waals surface area contributed by atoms with Gasteiger partial charge in [-0.1, -0.05) is 6.07 Å². The zero-order valence-corrected chi connectivity index (χ0v) is 19.8. The van der Waals surface area contributed by atoms with Gasteiger partial charge < -0.3 is 20.9 Å². The smallest absolute Gasteiger partial charge is 0.227 e. The predicted molar refractivity (Wildman–Crippen MR) is 124 cm³/mol. The van der Waals surface area contributed by atoms with Crippen LogP contribution in [0.4, 0.5) is 14.5 Å². The van der Waals surface area contributed by atoms with Crippen LogP contribution in [0.1, 0.15) is 34.1 Å². The lowest BCUT2D eigenvalue weighted by atomic mass is 9.92. The Hall–Kier alpha value is -1.65. The average molecular weight is 523 g/mol. The fraction of sp³-hybridized carbons (Fsp3) is 0.600. The number of nitrogens with one attached hydrogen (secondary N) is 3. The Morgan fingerprint density at radius 2 is 1.83 bits per heavy atom. The molecule has 1 saturated heterocycles. The third kappa shape index (κ3) is 6.97. The first kappa shape index (κ1) is 25.4. The maximum Gasteiger partial charge on any atom is 0.227 e. The van der Waals surface area contributed by atoms with Crippen molar-refractivity contribution in [1.29, 1.82) is 0 Å². The van der Waals surface area contributed by atoms with Gasteiger partial charge in [-0.2, -0.15) is 0 Å². The Labute approximate surface area is 188 Å². The van der Waals surface area contributed by atoms with Gasteiger partial charge in [0, 0.05) is 32.2 Å². The summed E-state index contributed by atoms with van der Waals surface area (Å²) in [6.45, 7) is 10.1. The lowest BCUT2D eigenvalue weighted by Crippen LogP contribution is -2.46. The van der Waals surface area contributed by atoms with E-state index in [2.05, 4.69) is 20.9 Å². The lowest BCUT2D eigenvalue weighted by Gasteiger charge is -2.23. The van der Waals surface area contributed by atoms with Crippen molar-refractivity contribution in [2.45, 2.75) is 40.2 Å². The molecule has 0 spiro atoms. The molecule has 1 heterocycles. The molecule has 1 aromatic rings. The molecule has 29 heavy (non-hydrogen) atoms. The van der Waals surface area contributed by atoms with Crippen molar-refractivity contribution in [3.8, 4) is 0 Å². The molecule has 0 aromatic heterocycles. The van der Waals surface area contributed by atoms with Crippen LogP contribution in [0.2, 0.25) is 0 Å². The molecule has 1 fully saturated rings. The Morgan fingerprint density at radius 1 is 1.21 bits per heavy atom. The van der Waals surface area contributed by atoms with Gasteiger partial charge in [-0.05, 0) is 46.2 Å². The second-order valence-corrected chi connectivity index (χ2v) is 7.58. The molecule has 1 unspecified atom stereocenters. The first-order valence-electron chi connectivity index (χ1n) is 9.80. The average Bonchev–Trinajstić information content (AvgIpc) is 3.08. The molecule has 2 rings (SSSR count). The highest BCUT2D eigenvalue weighted by Crippen LogP contribution is 2.26. The zero-order valence-electron chi connectivity index (χ0n) is 17.5. The molecular weight excluding hydrogens is 491 g/mol. The highest BCUT2D eigenvalue weighted by molar-refractivity contribution is 14.0. The maximum atomic E-state index is 14.0. The Balaban J connectivity index is 0.00000420. The van der Waals surface area contributed by atoms with E-state index in [-0.39, 0.29) is 41.6 Å². The number of carbonyl (C=O) groups excluding carboxylic acids is 1. The van der Waals surface area contributed by atoms with Gasteiger partial charge in [0.05, 0.1) is 12.0 Å². The van der Waals surface area contributed by atoms with Crippen molar-refractivity contribution in [2.24, 2.45) is 10.4 Å². The highest BCUT2D eigenvalue weighted by atomic mass is 127. The van der Waals surface area contributed by atoms with Crippen LogP contribution in [0.3, 0.4) is 0 Å². The summed E-state index contributed by atoms with van der Waals surface area (Å²) in [6, 6.07) is 3.92. The molecule has 0 radical (unpaired) electrons. The number of para-hydroxylation sites is 1. The number of rotatable bonds is 7. The standard InChI is InChI=1S/C20H31F2N5O.HI/c1-5-23-18(28)20(3,4)13-25-19(24-6-2)26-14-10-11-27(12-14)17-15(21)8-7-9-16(17)22;/h7-9,14H,5-6,10-13H2,1-4H3,(H,23,28)(H2,24,25,26);1H. The summed E-state index contributed by atoms with van der Waals surface area (Å²) >= 11 is 0. The summed E-state index contributed by atoms with van der Waals surface area (Å²) in [6.07, 6.45) is 0.734. The Morgan fingerprint density at radius 3 is 2.41 bits per heavy atom. The van der Waals surface area contributed by atoms with Crippen LogP contribution >= 0.6 is 24.0 Å². The second-order valence-electron chi connectivity index (χ2n) is 7.58. The Bertz CT molecular complexity index is 694. The third-order valence-corrected chi connectivity index (χ3v) is 4.71. The minimum Gasteiger partial charge on any atom is -0.365 e. The van der Waals surface area contributed by atoms with Crippen LogP contribution in [0.5, 0.6) is 0 Å². The molecule has 0 bridgehead atoms. The number of benzene rings is 1. The summed E-state index contributed by atoms with van der Waals surface area (Å²) in [5, 5.41) is 9.31. The zero-order chi connectivity index (χ0) is 20.7. The van der Waals surface area contributed by atoms with Gasteiger partial charge in [-0.25, -0.2) is 8.78 Å². The molecule has 1 amide bonds.